The summed E-state index contributed by atoms with van der Waals surface area (Å²) in [6, 6.07) is 14.1. The Labute approximate surface area is 134 Å². The predicted octanol–water partition coefficient (Wildman–Crippen LogP) is 4.95. The van der Waals surface area contributed by atoms with E-state index in [1.54, 1.807) is 0 Å². The molecule has 0 saturated carbocycles. The summed E-state index contributed by atoms with van der Waals surface area (Å²) in [6.45, 7) is 0. The van der Waals surface area contributed by atoms with Gasteiger partial charge in [-0.15, -0.1) is 0 Å². The van der Waals surface area contributed by atoms with E-state index in [1.165, 1.54) is 5.56 Å². The third-order valence-electron chi connectivity index (χ3n) is 2.77. The molecular weight excluding hydrogens is 424 g/mol. The quantitative estimate of drug-likeness (QED) is 0.677. The van der Waals surface area contributed by atoms with Crippen molar-refractivity contribution in [3.63, 3.8) is 0 Å². The molecule has 0 radical (unpaired) electrons. The van der Waals surface area contributed by atoms with Crippen LogP contribution in [0.4, 0.5) is 0 Å². The molecule has 2 N–H and O–H groups in total. The first-order valence-corrected chi connectivity index (χ1v) is 7.77. The van der Waals surface area contributed by atoms with Crippen molar-refractivity contribution in [3.8, 4) is 0 Å². The van der Waals surface area contributed by atoms with E-state index in [4.69, 9.17) is 17.3 Å². The van der Waals surface area contributed by atoms with Gasteiger partial charge in [-0.1, -0.05) is 51.8 Å². The van der Waals surface area contributed by atoms with Crippen molar-refractivity contribution in [2.45, 2.75) is 12.5 Å². The molecule has 18 heavy (non-hydrogen) atoms. The average molecular weight is 437 g/mol. The first-order chi connectivity index (χ1) is 8.58. The van der Waals surface area contributed by atoms with Gasteiger partial charge in [0.15, 0.2) is 0 Å². The zero-order valence-electron chi connectivity index (χ0n) is 9.54. The summed E-state index contributed by atoms with van der Waals surface area (Å²) >= 11 is 11.9. The molecule has 0 aliphatic heterocycles. The molecule has 0 bridgehead atoms. The zero-order chi connectivity index (χ0) is 13.1. The molecule has 2 aromatic rings. The zero-order valence-corrected chi connectivity index (χ0v) is 14.0. The Bertz CT molecular complexity index is 559. The van der Waals surface area contributed by atoms with Crippen LogP contribution in [0.1, 0.15) is 17.2 Å². The minimum atomic E-state index is -0.0433. The fourth-order valence-corrected chi connectivity index (χ4v) is 2.73. The number of halogens is 3. The minimum absolute atomic E-state index is 0.0433. The highest BCUT2D eigenvalue weighted by Crippen LogP contribution is 2.26. The van der Waals surface area contributed by atoms with Crippen LogP contribution in [0.25, 0.3) is 0 Å². The molecule has 4 heteroatoms. The number of rotatable bonds is 3. The van der Waals surface area contributed by atoms with Gasteiger partial charge in [0, 0.05) is 14.1 Å². The maximum absolute atomic E-state index is 6.23. The van der Waals surface area contributed by atoms with Gasteiger partial charge >= 0.3 is 0 Å². The second-order valence-corrected chi connectivity index (χ2v) is 6.50. The molecule has 0 spiro atoms. The SMILES string of the molecule is NC(Cc1ccccc1Br)c1ccc(I)c(Cl)c1. The molecule has 0 heterocycles. The Morgan fingerprint density at radius 3 is 2.61 bits per heavy atom. The lowest BCUT2D eigenvalue weighted by atomic mass is 10.00. The van der Waals surface area contributed by atoms with Crippen LogP contribution in [0.5, 0.6) is 0 Å². The van der Waals surface area contributed by atoms with E-state index in [2.05, 4.69) is 44.6 Å². The van der Waals surface area contributed by atoms with Gasteiger partial charge in [0.1, 0.15) is 0 Å². The standard InChI is InChI=1S/C14H12BrClIN/c15-11-4-2-1-3-9(11)8-14(18)10-5-6-13(17)12(16)7-10/h1-7,14H,8,18H2. The van der Waals surface area contributed by atoms with Gasteiger partial charge in [-0.25, -0.2) is 0 Å². The second-order valence-electron chi connectivity index (χ2n) is 4.08. The Morgan fingerprint density at radius 1 is 1.22 bits per heavy atom. The number of nitrogens with two attached hydrogens (primary N) is 1. The highest BCUT2D eigenvalue weighted by atomic mass is 127. The first kappa shape index (κ1) is 14.3. The Kier molecular flexibility index (Phi) is 5.06. The van der Waals surface area contributed by atoms with Crippen LogP contribution in [-0.2, 0) is 6.42 Å². The Balaban J connectivity index is 2.19. The lowest BCUT2D eigenvalue weighted by Crippen LogP contribution is -2.13. The molecule has 1 atom stereocenters. The van der Waals surface area contributed by atoms with E-state index in [1.807, 2.05) is 36.4 Å². The normalized spacial score (nSPS) is 12.4. The summed E-state index contributed by atoms with van der Waals surface area (Å²) < 4.78 is 2.14. The van der Waals surface area contributed by atoms with E-state index in [0.29, 0.717) is 0 Å². The van der Waals surface area contributed by atoms with E-state index in [9.17, 15) is 0 Å². The van der Waals surface area contributed by atoms with Crippen LogP contribution < -0.4 is 5.73 Å². The fraction of sp³-hybridized carbons (Fsp3) is 0.143. The van der Waals surface area contributed by atoms with Gasteiger partial charge in [-0.3, -0.25) is 0 Å². The molecule has 0 aromatic heterocycles. The summed E-state index contributed by atoms with van der Waals surface area (Å²) in [6.07, 6.45) is 0.790. The van der Waals surface area contributed by atoms with Crippen molar-refractivity contribution in [1.82, 2.24) is 0 Å². The number of hydrogen-bond acceptors (Lipinski definition) is 1. The maximum Gasteiger partial charge on any atom is 0.0542 e. The number of benzene rings is 2. The van der Waals surface area contributed by atoms with E-state index in [0.717, 1.165) is 25.0 Å². The second kappa shape index (κ2) is 6.37. The smallest absolute Gasteiger partial charge is 0.0542 e. The van der Waals surface area contributed by atoms with Crippen LogP contribution in [0.3, 0.4) is 0 Å². The van der Waals surface area contributed by atoms with Crippen LogP contribution >= 0.6 is 50.1 Å². The van der Waals surface area contributed by atoms with E-state index in [-0.39, 0.29) is 6.04 Å². The largest absolute Gasteiger partial charge is 0.324 e. The van der Waals surface area contributed by atoms with Crippen molar-refractivity contribution < 1.29 is 0 Å². The molecule has 0 aliphatic carbocycles. The molecule has 2 rings (SSSR count). The third-order valence-corrected chi connectivity index (χ3v) is 5.12. The molecule has 1 unspecified atom stereocenters. The highest BCUT2D eigenvalue weighted by molar-refractivity contribution is 14.1. The monoisotopic (exact) mass is 435 g/mol. The third kappa shape index (κ3) is 3.47. The topological polar surface area (TPSA) is 26.0 Å². The summed E-state index contributed by atoms with van der Waals surface area (Å²) in [7, 11) is 0. The lowest BCUT2D eigenvalue weighted by molar-refractivity contribution is 0.720. The lowest BCUT2D eigenvalue weighted by Gasteiger charge is -2.14. The van der Waals surface area contributed by atoms with Gasteiger partial charge in [0.2, 0.25) is 0 Å². The molecule has 1 nitrogen and oxygen atoms in total. The molecule has 0 aliphatic rings. The van der Waals surface area contributed by atoms with Crippen LogP contribution in [0.2, 0.25) is 5.02 Å². The van der Waals surface area contributed by atoms with Gasteiger partial charge in [0.05, 0.1) is 5.02 Å². The van der Waals surface area contributed by atoms with E-state index >= 15 is 0 Å². The van der Waals surface area contributed by atoms with Gasteiger partial charge < -0.3 is 5.73 Å². The Morgan fingerprint density at radius 2 is 1.94 bits per heavy atom. The van der Waals surface area contributed by atoms with Crippen molar-refractivity contribution in [3.05, 3.63) is 66.7 Å². The molecular formula is C14H12BrClIN. The van der Waals surface area contributed by atoms with Gasteiger partial charge in [-0.05, 0) is 58.3 Å². The molecule has 0 fully saturated rings. The molecule has 2 aromatic carbocycles. The predicted molar refractivity (Wildman–Crippen MR) is 88.9 cm³/mol. The van der Waals surface area contributed by atoms with Crippen LogP contribution in [-0.4, -0.2) is 0 Å². The molecule has 0 saturated heterocycles. The van der Waals surface area contributed by atoms with Gasteiger partial charge in [0.25, 0.3) is 0 Å². The summed E-state index contributed by atoms with van der Waals surface area (Å²) in [5.41, 5.74) is 8.51. The summed E-state index contributed by atoms with van der Waals surface area (Å²) in [5, 5.41) is 0.760. The van der Waals surface area contributed by atoms with Crippen molar-refractivity contribution >= 4 is 50.1 Å². The maximum atomic E-state index is 6.23. The summed E-state index contributed by atoms with van der Waals surface area (Å²) in [4.78, 5) is 0. The average Bonchev–Trinajstić information content (AvgIpc) is 2.35. The summed E-state index contributed by atoms with van der Waals surface area (Å²) in [5.74, 6) is 0. The molecule has 94 valence electrons. The van der Waals surface area contributed by atoms with Gasteiger partial charge in [-0.2, -0.15) is 0 Å². The minimum Gasteiger partial charge on any atom is -0.324 e. The van der Waals surface area contributed by atoms with Crippen molar-refractivity contribution in [2.75, 3.05) is 0 Å². The Hall–Kier alpha value is -0.100. The van der Waals surface area contributed by atoms with E-state index < -0.39 is 0 Å². The molecule has 0 amide bonds. The van der Waals surface area contributed by atoms with Crippen molar-refractivity contribution in [1.29, 1.82) is 0 Å². The fourth-order valence-electron chi connectivity index (χ4n) is 1.76. The highest BCUT2D eigenvalue weighted by Gasteiger charge is 2.10. The van der Waals surface area contributed by atoms with Crippen molar-refractivity contribution in [2.24, 2.45) is 5.73 Å². The van der Waals surface area contributed by atoms with Crippen LogP contribution in [0, 0.1) is 3.57 Å². The first-order valence-electron chi connectivity index (χ1n) is 5.52. The number of hydrogen-bond donors (Lipinski definition) is 1. The van der Waals surface area contributed by atoms with Crippen LogP contribution in [0.15, 0.2) is 46.9 Å².